The van der Waals surface area contributed by atoms with Gasteiger partial charge in [0.05, 0.1) is 6.20 Å². The van der Waals surface area contributed by atoms with Crippen molar-refractivity contribution < 1.29 is 21.6 Å². The molecule has 0 aromatic carbocycles. The highest BCUT2D eigenvalue weighted by molar-refractivity contribution is 7.89. The van der Waals surface area contributed by atoms with Crippen molar-refractivity contribution >= 4 is 10.0 Å². The van der Waals surface area contributed by atoms with E-state index in [9.17, 15) is 21.6 Å². The van der Waals surface area contributed by atoms with E-state index in [0.29, 0.717) is 6.20 Å². The van der Waals surface area contributed by atoms with Gasteiger partial charge in [0.25, 0.3) is 6.43 Å². The van der Waals surface area contributed by atoms with Crippen LogP contribution < -0.4 is 5.14 Å². The third-order valence-corrected chi connectivity index (χ3v) is 2.82. The molecule has 1 aromatic heterocycles. The predicted octanol–water partition coefficient (Wildman–Crippen LogP) is 1.11. The molecule has 0 radical (unpaired) electrons. The second kappa shape index (κ2) is 3.78. The number of halogens is 3. The molecular formula is C7H7F3N2O2S. The molecule has 0 bridgehead atoms. The van der Waals surface area contributed by atoms with Crippen LogP contribution in [-0.4, -0.2) is 13.4 Å². The van der Waals surface area contributed by atoms with Crippen molar-refractivity contribution in [2.24, 2.45) is 5.14 Å². The molecule has 1 aromatic rings. The molecule has 0 saturated heterocycles. The number of aromatic nitrogens is 1. The van der Waals surface area contributed by atoms with Crippen LogP contribution in [0.3, 0.4) is 0 Å². The zero-order valence-electron chi connectivity index (χ0n) is 7.54. The van der Waals surface area contributed by atoms with Crippen LogP contribution >= 0.6 is 0 Å². The molecule has 0 aliphatic carbocycles. The third kappa shape index (κ3) is 2.26. The normalized spacial score (nSPS) is 12.1. The topological polar surface area (TPSA) is 73.0 Å². The quantitative estimate of drug-likeness (QED) is 0.841. The second-order valence-corrected chi connectivity index (χ2v) is 4.29. The summed E-state index contributed by atoms with van der Waals surface area (Å²) in [5, 5.41) is 4.69. The zero-order chi connectivity index (χ0) is 11.8. The van der Waals surface area contributed by atoms with E-state index in [1.165, 1.54) is 0 Å². The van der Waals surface area contributed by atoms with Crippen molar-refractivity contribution in [1.29, 1.82) is 0 Å². The molecule has 0 spiro atoms. The Balaban J connectivity index is 3.59. The average Bonchev–Trinajstić information content (AvgIpc) is 2.00. The van der Waals surface area contributed by atoms with E-state index in [0.717, 1.165) is 6.92 Å². The maximum Gasteiger partial charge on any atom is 0.280 e. The van der Waals surface area contributed by atoms with Crippen LogP contribution in [0.5, 0.6) is 0 Å². The van der Waals surface area contributed by atoms with E-state index < -0.39 is 38.4 Å². The Bertz CT molecular complexity index is 487. The smallest absolute Gasteiger partial charge is 0.252 e. The second-order valence-electron chi connectivity index (χ2n) is 2.79. The number of sulfonamides is 1. The number of pyridine rings is 1. The fourth-order valence-electron chi connectivity index (χ4n) is 1.15. The Labute approximate surface area is 84.0 Å². The highest BCUT2D eigenvalue weighted by atomic mass is 32.2. The van der Waals surface area contributed by atoms with E-state index in [2.05, 4.69) is 10.1 Å². The number of nitrogens with zero attached hydrogens (tertiary/aromatic N) is 1. The first kappa shape index (κ1) is 11.9. The lowest BCUT2D eigenvalue weighted by molar-refractivity contribution is 0.144. The highest BCUT2D eigenvalue weighted by Crippen LogP contribution is 2.26. The maximum absolute atomic E-state index is 13.0. The van der Waals surface area contributed by atoms with Gasteiger partial charge < -0.3 is 0 Å². The average molecular weight is 240 g/mol. The number of alkyl halides is 2. The monoisotopic (exact) mass is 240 g/mol. The van der Waals surface area contributed by atoms with Crippen LogP contribution in [-0.2, 0) is 10.0 Å². The molecule has 2 N–H and O–H groups in total. The molecule has 0 amide bonds. The maximum atomic E-state index is 13.0. The van der Waals surface area contributed by atoms with E-state index in [1.54, 1.807) is 0 Å². The fourth-order valence-corrected chi connectivity index (χ4v) is 2.00. The van der Waals surface area contributed by atoms with Crippen molar-refractivity contribution in [3.05, 3.63) is 23.3 Å². The summed E-state index contributed by atoms with van der Waals surface area (Å²) < 4.78 is 59.5. The number of hydrogen-bond donors (Lipinski definition) is 1. The molecule has 84 valence electrons. The standard InChI is InChI=1S/C7H7F3N2O2S/c1-3-5(7(9)10)12-2-4(8)6(3)15(11,13)14/h2,7H,1H3,(H2,11,13,14). The molecular weight excluding hydrogens is 233 g/mol. The molecule has 4 nitrogen and oxygen atoms in total. The van der Waals surface area contributed by atoms with Gasteiger partial charge in [0, 0.05) is 0 Å². The van der Waals surface area contributed by atoms with Crippen molar-refractivity contribution in [3.8, 4) is 0 Å². The van der Waals surface area contributed by atoms with Gasteiger partial charge in [-0.2, -0.15) is 0 Å². The summed E-state index contributed by atoms with van der Waals surface area (Å²) in [6.45, 7) is 1.03. The van der Waals surface area contributed by atoms with Gasteiger partial charge in [0.1, 0.15) is 10.6 Å². The molecule has 0 saturated carbocycles. The predicted molar refractivity (Wildman–Crippen MR) is 45.3 cm³/mol. The molecule has 0 aliphatic rings. The first-order valence-corrected chi connectivity index (χ1v) is 5.25. The summed E-state index contributed by atoms with van der Waals surface area (Å²) in [6, 6.07) is 0. The van der Waals surface area contributed by atoms with Gasteiger partial charge >= 0.3 is 0 Å². The van der Waals surface area contributed by atoms with E-state index in [1.807, 2.05) is 0 Å². The number of nitrogens with two attached hydrogens (primary N) is 1. The SMILES string of the molecule is Cc1c(C(F)F)ncc(F)c1S(N)(=O)=O. The molecule has 1 heterocycles. The first-order valence-electron chi connectivity index (χ1n) is 3.71. The lowest BCUT2D eigenvalue weighted by Crippen LogP contribution is -2.17. The number of rotatable bonds is 2. The summed E-state index contributed by atoms with van der Waals surface area (Å²) in [5.74, 6) is -1.24. The van der Waals surface area contributed by atoms with Crippen molar-refractivity contribution in [3.63, 3.8) is 0 Å². The largest absolute Gasteiger partial charge is 0.280 e. The Kier molecular flexibility index (Phi) is 3.00. The number of hydrogen-bond acceptors (Lipinski definition) is 3. The Morgan fingerprint density at radius 1 is 1.47 bits per heavy atom. The van der Waals surface area contributed by atoms with E-state index in [-0.39, 0.29) is 0 Å². The zero-order valence-corrected chi connectivity index (χ0v) is 8.35. The van der Waals surface area contributed by atoms with Crippen LogP contribution in [0.2, 0.25) is 0 Å². The summed E-state index contributed by atoms with van der Waals surface area (Å²) in [5.41, 5.74) is -1.26. The van der Waals surface area contributed by atoms with Crippen LogP contribution in [0.15, 0.2) is 11.1 Å². The lowest BCUT2D eigenvalue weighted by atomic mass is 10.2. The summed E-state index contributed by atoms with van der Waals surface area (Å²) in [7, 11) is -4.37. The summed E-state index contributed by atoms with van der Waals surface area (Å²) >= 11 is 0. The summed E-state index contributed by atoms with van der Waals surface area (Å²) in [6.07, 6.45) is -2.57. The Morgan fingerprint density at radius 2 is 2.00 bits per heavy atom. The van der Waals surface area contributed by atoms with Gasteiger partial charge in [0.2, 0.25) is 10.0 Å². The fraction of sp³-hybridized carbons (Fsp3) is 0.286. The van der Waals surface area contributed by atoms with Crippen molar-refractivity contribution in [2.75, 3.05) is 0 Å². The molecule has 0 atom stereocenters. The third-order valence-electron chi connectivity index (χ3n) is 1.75. The molecule has 0 unspecified atom stereocenters. The van der Waals surface area contributed by atoms with Gasteiger partial charge in [-0.1, -0.05) is 0 Å². The molecule has 0 aliphatic heterocycles. The van der Waals surface area contributed by atoms with Gasteiger partial charge in [-0.05, 0) is 12.5 Å². The highest BCUT2D eigenvalue weighted by Gasteiger charge is 2.24. The van der Waals surface area contributed by atoms with Gasteiger partial charge in [-0.3, -0.25) is 4.98 Å². The molecule has 15 heavy (non-hydrogen) atoms. The molecule has 8 heteroatoms. The van der Waals surface area contributed by atoms with E-state index in [4.69, 9.17) is 0 Å². The lowest BCUT2D eigenvalue weighted by Gasteiger charge is -2.08. The number of primary sulfonamides is 1. The Hall–Kier alpha value is -1.15. The first-order chi connectivity index (χ1) is 6.75. The van der Waals surface area contributed by atoms with E-state index >= 15 is 0 Å². The summed E-state index contributed by atoms with van der Waals surface area (Å²) in [4.78, 5) is 2.17. The van der Waals surface area contributed by atoms with Crippen molar-refractivity contribution in [2.45, 2.75) is 18.2 Å². The molecule has 0 fully saturated rings. The van der Waals surface area contributed by atoms with Crippen LogP contribution in [0, 0.1) is 12.7 Å². The van der Waals surface area contributed by atoms with Gasteiger partial charge in [-0.15, -0.1) is 0 Å². The van der Waals surface area contributed by atoms with Crippen LogP contribution in [0.4, 0.5) is 13.2 Å². The van der Waals surface area contributed by atoms with Crippen LogP contribution in [0.25, 0.3) is 0 Å². The molecule has 1 rings (SSSR count). The minimum atomic E-state index is -4.37. The van der Waals surface area contributed by atoms with Crippen LogP contribution in [0.1, 0.15) is 17.7 Å². The van der Waals surface area contributed by atoms with Gasteiger partial charge in [0.15, 0.2) is 5.82 Å². The minimum absolute atomic E-state index is 0.411. The van der Waals surface area contributed by atoms with Crippen molar-refractivity contribution in [1.82, 2.24) is 4.98 Å². The van der Waals surface area contributed by atoms with Gasteiger partial charge in [-0.25, -0.2) is 26.7 Å². The minimum Gasteiger partial charge on any atom is -0.252 e. The Morgan fingerprint density at radius 3 is 2.40 bits per heavy atom.